The van der Waals surface area contributed by atoms with Crippen LogP contribution in [0.2, 0.25) is 0 Å². The Bertz CT molecular complexity index is 737. The maximum Gasteiger partial charge on any atom is 0.263 e. The van der Waals surface area contributed by atoms with Gasteiger partial charge in [0.15, 0.2) is 0 Å². The van der Waals surface area contributed by atoms with Crippen LogP contribution in [0.5, 0.6) is 0 Å². The van der Waals surface area contributed by atoms with Gasteiger partial charge in [-0.05, 0) is 35.5 Å². The van der Waals surface area contributed by atoms with Crippen LogP contribution in [-0.4, -0.2) is 24.7 Å². The minimum atomic E-state index is -3.62. The van der Waals surface area contributed by atoms with E-state index in [2.05, 4.69) is 31.1 Å². The predicted molar refractivity (Wildman–Crippen MR) is 88.2 cm³/mol. The number of sulfonamides is 1. The van der Waals surface area contributed by atoms with E-state index in [4.69, 9.17) is 0 Å². The van der Waals surface area contributed by atoms with Crippen molar-refractivity contribution in [3.8, 4) is 0 Å². The van der Waals surface area contributed by atoms with Crippen LogP contribution in [0.15, 0.2) is 20.9 Å². The first-order valence-electron chi connectivity index (χ1n) is 6.35. The number of anilines is 1. The number of nitrogens with zero attached hydrogens (tertiary/aromatic N) is 2. The Morgan fingerprint density at radius 1 is 1.48 bits per heavy atom. The van der Waals surface area contributed by atoms with Crippen LogP contribution in [0.1, 0.15) is 17.5 Å². The molecule has 0 bridgehead atoms. The molecule has 0 atom stereocenters. The SMILES string of the molecule is CCNCc1cc(S(=O)(=O)Nc2cn(C)nc2C)c(Br)s1. The van der Waals surface area contributed by atoms with Gasteiger partial charge in [-0.1, -0.05) is 6.92 Å². The summed E-state index contributed by atoms with van der Waals surface area (Å²) in [5.41, 5.74) is 1.13. The zero-order valence-electron chi connectivity index (χ0n) is 12.0. The summed E-state index contributed by atoms with van der Waals surface area (Å²) >= 11 is 4.75. The van der Waals surface area contributed by atoms with Crippen molar-refractivity contribution in [3.05, 3.63) is 26.6 Å². The van der Waals surface area contributed by atoms with Crippen LogP contribution in [-0.2, 0) is 23.6 Å². The van der Waals surface area contributed by atoms with E-state index in [1.54, 1.807) is 30.9 Å². The molecule has 0 aromatic carbocycles. The van der Waals surface area contributed by atoms with Crippen LogP contribution >= 0.6 is 27.3 Å². The lowest BCUT2D eigenvalue weighted by molar-refractivity contribution is 0.601. The quantitative estimate of drug-likeness (QED) is 0.791. The summed E-state index contributed by atoms with van der Waals surface area (Å²) in [5, 5.41) is 7.31. The van der Waals surface area contributed by atoms with E-state index in [0.717, 1.165) is 11.4 Å². The summed E-state index contributed by atoms with van der Waals surface area (Å²) in [4.78, 5) is 1.22. The van der Waals surface area contributed by atoms with Crippen molar-refractivity contribution < 1.29 is 8.42 Å². The molecule has 6 nitrogen and oxygen atoms in total. The lowest BCUT2D eigenvalue weighted by atomic mass is 10.4. The highest BCUT2D eigenvalue weighted by molar-refractivity contribution is 9.11. The number of thiophene rings is 1. The van der Waals surface area contributed by atoms with Gasteiger partial charge < -0.3 is 5.32 Å². The fraction of sp³-hybridized carbons (Fsp3) is 0.417. The maximum atomic E-state index is 12.5. The molecule has 0 fully saturated rings. The molecule has 2 N–H and O–H groups in total. The van der Waals surface area contributed by atoms with Crippen molar-refractivity contribution in [1.29, 1.82) is 0 Å². The Balaban J connectivity index is 2.27. The number of hydrogen-bond donors (Lipinski definition) is 2. The number of aryl methyl sites for hydroxylation is 2. The Labute approximate surface area is 136 Å². The molecule has 2 aromatic rings. The normalized spacial score (nSPS) is 11.8. The molecule has 2 heterocycles. The molecular weight excluding hydrogens is 376 g/mol. The number of rotatable bonds is 6. The standard InChI is InChI=1S/C12H17BrN4O2S2/c1-4-14-6-9-5-11(12(13)20-9)21(18,19)16-10-7-17(3)15-8(10)2/h5,7,14,16H,4,6H2,1-3H3. The Morgan fingerprint density at radius 2 is 2.19 bits per heavy atom. The third kappa shape index (κ3) is 3.85. The molecule has 0 unspecified atom stereocenters. The first-order valence-corrected chi connectivity index (χ1v) is 9.44. The number of hydrogen-bond acceptors (Lipinski definition) is 5. The summed E-state index contributed by atoms with van der Waals surface area (Å²) in [6.07, 6.45) is 1.65. The molecule has 0 spiro atoms. The lowest BCUT2D eigenvalue weighted by Gasteiger charge is -2.05. The van der Waals surface area contributed by atoms with Crippen LogP contribution in [0, 0.1) is 6.92 Å². The van der Waals surface area contributed by atoms with Crippen LogP contribution in [0.4, 0.5) is 5.69 Å². The Morgan fingerprint density at radius 3 is 2.76 bits per heavy atom. The summed E-state index contributed by atoms with van der Waals surface area (Å²) in [6.45, 7) is 5.26. The molecule has 0 saturated carbocycles. The average Bonchev–Trinajstić information content (AvgIpc) is 2.90. The van der Waals surface area contributed by atoms with Gasteiger partial charge in [0.2, 0.25) is 0 Å². The van der Waals surface area contributed by atoms with Crippen LogP contribution in [0.3, 0.4) is 0 Å². The average molecular weight is 393 g/mol. The van der Waals surface area contributed by atoms with Crippen molar-refractivity contribution in [2.75, 3.05) is 11.3 Å². The first-order chi connectivity index (χ1) is 9.83. The van der Waals surface area contributed by atoms with Gasteiger partial charge in [-0.15, -0.1) is 11.3 Å². The molecule has 0 radical (unpaired) electrons. The van der Waals surface area contributed by atoms with E-state index in [-0.39, 0.29) is 4.90 Å². The summed E-state index contributed by atoms with van der Waals surface area (Å²) in [7, 11) is -1.88. The van der Waals surface area contributed by atoms with E-state index in [0.29, 0.717) is 21.7 Å². The van der Waals surface area contributed by atoms with Gasteiger partial charge in [0, 0.05) is 24.7 Å². The second-order valence-corrected chi connectivity index (χ2v) is 8.64. The van der Waals surface area contributed by atoms with E-state index >= 15 is 0 Å². The molecular formula is C12H17BrN4O2S2. The molecule has 0 amide bonds. The van der Waals surface area contributed by atoms with Gasteiger partial charge in [-0.25, -0.2) is 8.42 Å². The minimum absolute atomic E-state index is 0.253. The van der Waals surface area contributed by atoms with E-state index in [9.17, 15) is 8.42 Å². The number of halogens is 1. The second kappa shape index (κ2) is 6.47. The zero-order chi connectivity index (χ0) is 15.6. The van der Waals surface area contributed by atoms with Gasteiger partial charge in [0.1, 0.15) is 4.90 Å². The van der Waals surface area contributed by atoms with Crippen molar-refractivity contribution in [1.82, 2.24) is 15.1 Å². The van der Waals surface area contributed by atoms with Crippen molar-refractivity contribution in [2.24, 2.45) is 7.05 Å². The van der Waals surface area contributed by atoms with Gasteiger partial charge in [-0.2, -0.15) is 5.10 Å². The Kier molecular flexibility index (Phi) is 5.07. The molecule has 0 aliphatic carbocycles. The lowest BCUT2D eigenvalue weighted by Crippen LogP contribution is -2.13. The molecule has 2 rings (SSSR count). The third-order valence-electron chi connectivity index (χ3n) is 2.80. The van der Waals surface area contributed by atoms with Crippen LogP contribution in [0.25, 0.3) is 0 Å². The van der Waals surface area contributed by atoms with Gasteiger partial charge in [0.25, 0.3) is 10.0 Å². The molecule has 0 saturated heterocycles. The van der Waals surface area contributed by atoms with Gasteiger partial charge >= 0.3 is 0 Å². The maximum absolute atomic E-state index is 12.5. The van der Waals surface area contributed by atoms with Crippen LogP contribution < -0.4 is 10.0 Å². The Hall–Kier alpha value is -0.900. The first kappa shape index (κ1) is 16.5. The predicted octanol–water partition coefficient (Wildman–Crippen LogP) is 2.46. The highest BCUT2D eigenvalue weighted by Gasteiger charge is 2.22. The fourth-order valence-corrected chi connectivity index (χ4v) is 5.57. The smallest absolute Gasteiger partial charge is 0.263 e. The number of nitrogens with one attached hydrogen (secondary N) is 2. The van der Waals surface area contributed by atoms with Crippen molar-refractivity contribution in [3.63, 3.8) is 0 Å². The topological polar surface area (TPSA) is 76.0 Å². The molecule has 0 aliphatic rings. The van der Waals surface area contributed by atoms with Gasteiger partial charge in [-0.3, -0.25) is 9.40 Å². The molecule has 2 aromatic heterocycles. The van der Waals surface area contributed by atoms with Crippen molar-refractivity contribution in [2.45, 2.75) is 25.3 Å². The molecule has 0 aliphatic heterocycles. The second-order valence-electron chi connectivity index (χ2n) is 4.54. The molecule has 21 heavy (non-hydrogen) atoms. The monoisotopic (exact) mass is 392 g/mol. The summed E-state index contributed by atoms with van der Waals surface area (Å²) in [5.74, 6) is 0. The molecule has 9 heteroatoms. The molecule has 116 valence electrons. The van der Waals surface area contributed by atoms with E-state index in [1.807, 2.05) is 6.92 Å². The van der Waals surface area contributed by atoms with Gasteiger partial charge in [0.05, 0.1) is 15.2 Å². The highest BCUT2D eigenvalue weighted by atomic mass is 79.9. The fourth-order valence-electron chi connectivity index (χ4n) is 1.82. The minimum Gasteiger partial charge on any atom is -0.312 e. The van der Waals surface area contributed by atoms with E-state index in [1.165, 1.54) is 11.3 Å². The summed E-state index contributed by atoms with van der Waals surface area (Å²) < 4.78 is 29.7. The number of aromatic nitrogens is 2. The third-order valence-corrected chi connectivity index (χ3v) is 6.42. The largest absolute Gasteiger partial charge is 0.312 e. The highest BCUT2D eigenvalue weighted by Crippen LogP contribution is 2.33. The zero-order valence-corrected chi connectivity index (χ0v) is 15.2. The van der Waals surface area contributed by atoms with Crippen molar-refractivity contribution >= 4 is 43.0 Å². The summed E-state index contributed by atoms with van der Waals surface area (Å²) in [6, 6.07) is 1.69. The van der Waals surface area contributed by atoms with E-state index < -0.39 is 10.0 Å².